The highest BCUT2D eigenvalue weighted by atomic mass is 16.5. The van der Waals surface area contributed by atoms with Gasteiger partial charge in [0.15, 0.2) is 34.5 Å². The molecular formula is C25H30O9. The van der Waals surface area contributed by atoms with E-state index in [1.54, 1.807) is 51.7 Å². The molecule has 0 spiro atoms. The number of rotatable bonds is 12. The smallest absolute Gasteiger partial charge is 0.331 e. The van der Waals surface area contributed by atoms with Gasteiger partial charge in [-0.2, -0.15) is 0 Å². The van der Waals surface area contributed by atoms with E-state index in [4.69, 9.17) is 37.9 Å². The molecule has 0 amide bonds. The lowest BCUT2D eigenvalue weighted by Gasteiger charge is -2.17. The monoisotopic (exact) mass is 474 g/mol. The Hall–Kier alpha value is -4.01. The Kier molecular flexibility index (Phi) is 9.94. The minimum atomic E-state index is -0.560. The molecule has 2 aromatic carbocycles. The fourth-order valence-electron chi connectivity index (χ4n) is 3.18. The van der Waals surface area contributed by atoms with E-state index in [1.807, 2.05) is 0 Å². The van der Waals surface area contributed by atoms with Crippen LogP contribution in [0.25, 0.3) is 12.2 Å². The minimum Gasteiger partial charge on any atom is -0.496 e. The summed E-state index contributed by atoms with van der Waals surface area (Å²) in [4.78, 5) is 12.3. The molecule has 0 atom stereocenters. The van der Waals surface area contributed by atoms with Gasteiger partial charge >= 0.3 is 5.97 Å². The van der Waals surface area contributed by atoms with E-state index in [1.165, 1.54) is 40.6 Å². The van der Waals surface area contributed by atoms with E-state index in [0.717, 1.165) is 5.56 Å². The van der Waals surface area contributed by atoms with Crippen LogP contribution in [-0.2, 0) is 9.53 Å². The number of hydrogen-bond acceptors (Lipinski definition) is 9. The molecule has 0 N–H and O–H groups in total. The van der Waals surface area contributed by atoms with Gasteiger partial charge in [-0.25, -0.2) is 4.79 Å². The van der Waals surface area contributed by atoms with Gasteiger partial charge in [-0.3, -0.25) is 0 Å². The predicted octanol–water partition coefficient (Wildman–Crippen LogP) is 4.02. The van der Waals surface area contributed by atoms with Crippen molar-refractivity contribution in [2.24, 2.45) is 0 Å². The van der Waals surface area contributed by atoms with Gasteiger partial charge in [0, 0.05) is 23.8 Å². The second kappa shape index (κ2) is 12.9. The van der Waals surface area contributed by atoms with Crippen molar-refractivity contribution in [1.29, 1.82) is 0 Å². The van der Waals surface area contributed by atoms with Gasteiger partial charge in [-0.1, -0.05) is 6.08 Å². The number of methoxy groups -OCH3 is 7. The topological polar surface area (TPSA) is 90.9 Å². The van der Waals surface area contributed by atoms with Crippen LogP contribution >= 0.6 is 0 Å². The van der Waals surface area contributed by atoms with Crippen LogP contribution < -0.4 is 33.2 Å². The van der Waals surface area contributed by atoms with Gasteiger partial charge in [0.05, 0.1) is 55.3 Å². The van der Waals surface area contributed by atoms with Crippen LogP contribution in [0.15, 0.2) is 30.4 Å². The minimum absolute atomic E-state index is 0.0381. The van der Waals surface area contributed by atoms with Gasteiger partial charge in [-0.15, -0.1) is 0 Å². The lowest BCUT2D eigenvalue weighted by Crippen LogP contribution is -2.02. The first-order chi connectivity index (χ1) is 16.5. The van der Waals surface area contributed by atoms with Crippen molar-refractivity contribution < 1.29 is 42.7 Å². The highest BCUT2D eigenvalue weighted by Crippen LogP contribution is 2.45. The van der Waals surface area contributed by atoms with Gasteiger partial charge in [-0.05, 0) is 18.2 Å². The molecule has 2 rings (SSSR count). The number of ether oxygens (including phenoxy) is 8. The van der Waals surface area contributed by atoms with Gasteiger partial charge in [0.25, 0.3) is 0 Å². The third-order valence-electron chi connectivity index (χ3n) is 4.79. The SMILES string of the molecule is COc1cc(OC)c(OC)cc1/C=C/COC(=O)/C=C/c1c(OC)c(OC)cc(OC)c1OC. The number of esters is 1. The fraction of sp³-hybridized carbons (Fsp3) is 0.320. The molecule has 34 heavy (non-hydrogen) atoms. The lowest BCUT2D eigenvalue weighted by atomic mass is 10.1. The van der Waals surface area contributed by atoms with E-state index < -0.39 is 5.97 Å². The van der Waals surface area contributed by atoms with Crippen LogP contribution in [0.3, 0.4) is 0 Å². The second-order valence-corrected chi connectivity index (χ2v) is 6.58. The Morgan fingerprint density at radius 2 is 1.15 bits per heavy atom. The maximum atomic E-state index is 12.3. The number of hydrogen-bond donors (Lipinski definition) is 0. The lowest BCUT2D eigenvalue weighted by molar-refractivity contribution is -0.136. The maximum Gasteiger partial charge on any atom is 0.331 e. The molecule has 0 fully saturated rings. The van der Waals surface area contributed by atoms with Crippen molar-refractivity contribution in [2.45, 2.75) is 0 Å². The Morgan fingerprint density at radius 3 is 1.65 bits per heavy atom. The predicted molar refractivity (Wildman–Crippen MR) is 128 cm³/mol. The summed E-state index contributed by atoms with van der Waals surface area (Å²) in [5.74, 6) is 2.78. The molecule has 2 aromatic rings. The van der Waals surface area contributed by atoms with Gasteiger partial charge in [0.2, 0.25) is 0 Å². The zero-order valence-corrected chi connectivity index (χ0v) is 20.4. The second-order valence-electron chi connectivity index (χ2n) is 6.58. The largest absolute Gasteiger partial charge is 0.496 e. The third-order valence-corrected chi connectivity index (χ3v) is 4.79. The van der Waals surface area contributed by atoms with Crippen molar-refractivity contribution in [3.63, 3.8) is 0 Å². The average Bonchev–Trinajstić information content (AvgIpc) is 2.87. The van der Waals surface area contributed by atoms with Gasteiger partial charge < -0.3 is 37.9 Å². The molecule has 0 unspecified atom stereocenters. The van der Waals surface area contributed by atoms with E-state index in [0.29, 0.717) is 45.8 Å². The summed E-state index contributed by atoms with van der Waals surface area (Å²) >= 11 is 0. The van der Waals surface area contributed by atoms with Crippen LogP contribution in [0.5, 0.6) is 40.2 Å². The zero-order chi connectivity index (χ0) is 25.1. The summed E-state index contributed by atoms with van der Waals surface area (Å²) in [6.07, 6.45) is 6.23. The Balaban J connectivity index is 2.16. The van der Waals surface area contributed by atoms with Crippen molar-refractivity contribution in [3.05, 3.63) is 41.5 Å². The average molecular weight is 475 g/mol. The Morgan fingerprint density at radius 1 is 0.647 bits per heavy atom. The quantitative estimate of drug-likeness (QED) is 0.334. The van der Waals surface area contributed by atoms with Gasteiger partial charge in [0.1, 0.15) is 12.4 Å². The van der Waals surface area contributed by atoms with E-state index in [-0.39, 0.29) is 6.61 Å². The molecule has 9 heteroatoms. The third kappa shape index (κ3) is 6.06. The van der Waals surface area contributed by atoms with Crippen molar-refractivity contribution in [2.75, 3.05) is 56.4 Å². The van der Waals surface area contributed by atoms with E-state index >= 15 is 0 Å². The standard InChI is InChI=1S/C25H30O9/c1-27-18-14-20(29-3)19(28-2)13-16(18)9-8-12-34-23(26)11-10-17-24(32-6)21(30-4)15-22(31-5)25(17)33-7/h8-11,13-15H,12H2,1-7H3/b9-8+,11-10+. The molecule has 9 nitrogen and oxygen atoms in total. The summed E-state index contributed by atoms with van der Waals surface area (Å²) in [6, 6.07) is 5.13. The van der Waals surface area contributed by atoms with E-state index in [9.17, 15) is 4.79 Å². The van der Waals surface area contributed by atoms with Crippen molar-refractivity contribution in [1.82, 2.24) is 0 Å². The van der Waals surface area contributed by atoms with Crippen molar-refractivity contribution in [3.8, 4) is 40.2 Å². The molecule has 0 radical (unpaired) electrons. The van der Waals surface area contributed by atoms with Crippen LogP contribution in [0, 0.1) is 0 Å². The van der Waals surface area contributed by atoms with Crippen LogP contribution in [0.1, 0.15) is 11.1 Å². The number of benzene rings is 2. The number of carbonyl (C=O) groups is 1. The molecule has 0 saturated heterocycles. The summed E-state index contributed by atoms with van der Waals surface area (Å²) in [5.41, 5.74) is 1.22. The Bertz CT molecular complexity index is 1010. The molecule has 0 heterocycles. The summed E-state index contributed by atoms with van der Waals surface area (Å²) in [5, 5.41) is 0. The van der Waals surface area contributed by atoms with Crippen LogP contribution in [0.2, 0.25) is 0 Å². The van der Waals surface area contributed by atoms with E-state index in [2.05, 4.69) is 0 Å². The highest BCUT2D eigenvalue weighted by Gasteiger charge is 2.19. The first-order valence-corrected chi connectivity index (χ1v) is 10.2. The molecule has 0 saturated carbocycles. The van der Waals surface area contributed by atoms with Crippen molar-refractivity contribution >= 4 is 18.1 Å². The molecular weight excluding hydrogens is 444 g/mol. The molecule has 0 aliphatic carbocycles. The molecule has 0 bridgehead atoms. The zero-order valence-electron chi connectivity index (χ0n) is 20.4. The first-order valence-electron chi connectivity index (χ1n) is 10.2. The van der Waals surface area contributed by atoms with Crippen LogP contribution in [-0.4, -0.2) is 62.3 Å². The maximum absolute atomic E-state index is 12.3. The van der Waals surface area contributed by atoms with Crippen LogP contribution in [0.4, 0.5) is 0 Å². The highest BCUT2D eigenvalue weighted by molar-refractivity contribution is 5.89. The fourth-order valence-corrected chi connectivity index (χ4v) is 3.18. The molecule has 0 aliphatic heterocycles. The summed E-state index contributed by atoms with van der Waals surface area (Å²) in [7, 11) is 10.6. The molecule has 184 valence electrons. The number of carbonyl (C=O) groups excluding carboxylic acids is 1. The first kappa shape index (κ1) is 26.2. The summed E-state index contributed by atoms with van der Waals surface area (Å²) < 4.78 is 42.8. The molecule has 0 aliphatic rings. The normalized spacial score (nSPS) is 10.8. The molecule has 0 aromatic heterocycles. The summed E-state index contributed by atoms with van der Waals surface area (Å²) in [6.45, 7) is 0.0381. The Labute approximate surface area is 199 Å².